The quantitative estimate of drug-likeness (QED) is 0.757. The van der Waals surface area contributed by atoms with Crippen molar-refractivity contribution >= 4 is 0 Å². The number of hydrogen-bond donors (Lipinski definition) is 0. The summed E-state index contributed by atoms with van der Waals surface area (Å²) in [5.41, 5.74) is 0. The molecule has 0 saturated carbocycles. The molecule has 22 heavy (non-hydrogen) atoms. The first kappa shape index (κ1) is 18.2. The Labute approximate surface area is 137 Å². The summed E-state index contributed by atoms with van der Waals surface area (Å²) in [6, 6.07) is 0. The smallest absolute Gasteiger partial charge is 0.161 e. The molecule has 0 aromatic heterocycles. The molecule has 130 valence electrons. The molecule has 2 aliphatic heterocycles. The van der Waals surface area contributed by atoms with Gasteiger partial charge in [-0.1, -0.05) is 41.5 Å². The van der Waals surface area contributed by atoms with Gasteiger partial charge >= 0.3 is 0 Å². The van der Waals surface area contributed by atoms with Crippen molar-refractivity contribution in [2.45, 2.75) is 98.4 Å². The van der Waals surface area contributed by atoms with E-state index in [4.69, 9.17) is 14.2 Å². The zero-order chi connectivity index (χ0) is 16.4. The molecule has 0 aliphatic carbocycles. The fraction of sp³-hybridized carbons (Fsp3) is 1.00. The highest BCUT2D eigenvalue weighted by molar-refractivity contribution is 4.87. The number of ether oxygens (including phenoxy) is 3. The molecule has 9 atom stereocenters. The lowest BCUT2D eigenvalue weighted by Gasteiger charge is -2.47. The maximum absolute atomic E-state index is 6.51. The van der Waals surface area contributed by atoms with Crippen LogP contribution in [0.1, 0.15) is 67.7 Å². The lowest BCUT2D eigenvalue weighted by Crippen LogP contribution is -2.51. The fourth-order valence-electron chi connectivity index (χ4n) is 4.27. The van der Waals surface area contributed by atoms with E-state index in [1.54, 1.807) is 0 Å². The summed E-state index contributed by atoms with van der Waals surface area (Å²) in [5.74, 6) is 2.19. The molecule has 0 N–H and O–H groups in total. The van der Waals surface area contributed by atoms with E-state index in [0.717, 1.165) is 19.3 Å². The van der Waals surface area contributed by atoms with Crippen LogP contribution < -0.4 is 0 Å². The molecule has 2 rings (SSSR count). The van der Waals surface area contributed by atoms with E-state index in [-0.39, 0.29) is 18.5 Å². The highest BCUT2D eigenvalue weighted by Crippen LogP contribution is 2.39. The maximum atomic E-state index is 6.51. The van der Waals surface area contributed by atoms with Crippen LogP contribution >= 0.6 is 0 Å². The van der Waals surface area contributed by atoms with Gasteiger partial charge in [-0.3, -0.25) is 0 Å². The third-order valence-electron chi connectivity index (χ3n) is 6.12. The summed E-state index contributed by atoms with van der Waals surface area (Å²) in [5, 5.41) is 0. The maximum Gasteiger partial charge on any atom is 0.161 e. The van der Waals surface area contributed by atoms with Crippen LogP contribution in [0, 0.1) is 23.7 Å². The van der Waals surface area contributed by atoms with E-state index in [1.165, 1.54) is 0 Å². The second-order valence-corrected chi connectivity index (χ2v) is 7.74. The predicted octanol–water partition coefficient (Wildman–Crippen LogP) is 4.64. The molecule has 0 radical (unpaired) electrons. The normalized spacial score (nSPS) is 50.0. The summed E-state index contributed by atoms with van der Waals surface area (Å²) < 4.78 is 19.0. The van der Waals surface area contributed by atoms with Crippen molar-refractivity contribution in [3.05, 3.63) is 0 Å². The van der Waals surface area contributed by atoms with Gasteiger partial charge in [0, 0.05) is 5.92 Å². The van der Waals surface area contributed by atoms with Crippen molar-refractivity contribution in [2.24, 2.45) is 23.7 Å². The number of hydrogen-bond acceptors (Lipinski definition) is 3. The number of rotatable bonds is 4. The molecule has 2 fully saturated rings. The molecule has 0 amide bonds. The molecule has 0 aromatic carbocycles. The Balaban J connectivity index is 2.07. The minimum absolute atomic E-state index is 0.0883. The van der Waals surface area contributed by atoms with Crippen molar-refractivity contribution < 1.29 is 14.2 Å². The highest BCUT2D eigenvalue weighted by atomic mass is 16.7. The molecule has 2 heterocycles. The lowest BCUT2D eigenvalue weighted by molar-refractivity contribution is -0.293. The predicted molar refractivity (Wildman–Crippen MR) is 89.7 cm³/mol. The van der Waals surface area contributed by atoms with Crippen LogP contribution in [0.15, 0.2) is 0 Å². The van der Waals surface area contributed by atoms with Crippen LogP contribution in [0.2, 0.25) is 0 Å². The Morgan fingerprint density at radius 2 is 1.45 bits per heavy atom. The third-order valence-corrected chi connectivity index (χ3v) is 6.12. The molecule has 0 aromatic rings. The zero-order valence-corrected chi connectivity index (χ0v) is 15.5. The Bertz CT molecular complexity index is 344. The molecule has 3 heteroatoms. The van der Waals surface area contributed by atoms with Crippen LogP contribution in [-0.2, 0) is 14.2 Å². The van der Waals surface area contributed by atoms with E-state index in [9.17, 15) is 0 Å². The van der Waals surface area contributed by atoms with Crippen LogP contribution in [0.3, 0.4) is 0 Å². The van der Waals surface area contributed by atoms with Gasteiger partial charge in [-0.25, -0.2) is 0 Å². The first-order valence-electron chi connectivity index (χ1n) is 9.35. The molecule has 3 nitrogen and oxygen atoms in total. The average molecular weight is 312 g/mol. The Morgan fingerprint density at radius 3 is 2.05 bits per heavy atom. The van der Waals surface area contributed by atoms with Crippen molar-refractivity contribution in [2.75, 3.05) is 0 Å². The van der Waals surface area contributed by atoms with Crippen molar-refractivity contribution in [3.8, 4) is 0 Å². The van der Waals surface area contributed by atoms with Gasteiger partial charge in [0.25, 0.3) is 0 Å². The van der Waals surface area contributed by atoms with Gasteiger partial charge in [0.1, 0.15) is 0 Å². The first-order chi connectivity index (χ1) is 10.4. The summed E-state index contributed by atoms with van der Waals surface area (Å²) >= 11 is 0. The van der Waals surface area contributed by atoms with Gasteiger partial charge in [-0.2, -0.15) is 0 Å². The topological polar surface area (TPSA) is 27.7 Å². The summed E-state index contributed by atoms with van der Waals surface area (Å²) in [4.78, 5) is 0. The molecule has 4 unspecified atom stereocenters. The van der Waals surface area contributed by atoms with Crippen LogP contribution in [0.4, 0.5) is 0 Å². The molecule has 0 bridgehead atoms. The minimum Gasteiger partial charge on any atom is -0.373 e. The first-order valence-corrected chi connectivity index (χ1v) is 9.35. The Morgan fingerprint density at radius 1 is 0.818 bits per heavy atom. The van der Waals surface area contributed by atoms with Gasteiger partial charge in [0.2, 0.25) is 0 Å². The average Bonchev–Trinajstić information content (AvgIpc) is 2.49. The van der Waals surface area contributed by atoms with Gasteiger partial charge in [-0.05, 0) is 43.9 Å². The second kappa shape index (κ2) is 7.63. The summed E-state index contributed by atoms with van der Waals surface area (Å²) in [6.07, 6.45) is 4.06. The van der Waals surface area contributed by atoms with Gasteiger partial charge in [-0.15, -0.1) is 0 Å². The lowest BCUT2D eigenvalue weighted by atomic mass is 9.78. The van der Waals surface area contributed by atoms with Gasteiger partial charge < -0.3 is 14.2 Å². The van der Waals surface area contributed by atoms with Gasteiger partial charge in [0.05, 0.1) is 24.4 Å². The Kier molecular flexibility index (Phi) is 6.32. The molecule has 2 saturated heterocycles. The molecule has 2 aliphatic rings. The minimum atomic E-state index is -0.0883. The largest absolute Gasteiger partial charge is 0.373 e. The van der Waals surface area contributed by atoms with Crippen LogP contribution in [-0.4, -0.2) is 30.7 Å². The van der Waals surface area contributed by atoms with E-state index in [0.29, 0.717) is 35.9 Å². The summed E-state index contributed by atoms with van der Waals surface area (Å²) in [7, 11) is 0. The molecule has 0 spiro atoms. The standard InChI is InChI=1S/C19H36O3/c1-8-16-14(6)13(5)15(7)19(21-16)22-18-11(3)10-12(4)20-17(18)9-2/h11-19H,8-10H2,1-7H3/t11-,12?,13+,14-,15?,16?,17?,18-,19+/m1/s1. The van der Waals surface area contributed by atoms with Crippen LogP contribution in [0.25, 0.3) is 0 Å². The Hall–Kier alpha value is -0.120. The van der Waals surface area contributed by atoms with E-state index in [1.807, 2.05) is 0 Å². The van der Waals surface area contributed by atoms with Crippen molar-refractivity contribution in [1.82, 2.24) is 0 Å². The van der Waals surface area contributed by atoms with E-state index in [2.05, 4.69) is 48.5 Å². The fourth-order valence-corrected chi connectivity index (χ4v) is 4.27. The third kappa shape index (κ3) is 3.68. The van der Waals surface area contributed by atoms with Crippen molar-refractivity contribution in [1.29, 1.82) is 0 Å². The van der Waals surface area contributed by atoms with E-state index < -0.39 is 0 Å². The SMILES string of the molecule is CCC1O[C@@H](O[C@H]2C(CC)OC(C)C[C@H]2C)C(C)[C@@H](C)[C@H]1C. The molecular formula is C19H36O3. The zero-order valence-electron chi connectivity index (χ0n) is 15.5. The van der Waals surface area contributed by atoms with Gasteiger partial charge in [0.15, 0.2) is 6.29 Å². The highest BCUT2D eigenvalue weighted by Gasteiger charge is 2.43. The van der Waals surface area contributed by atoms with Crippen molar-refractivity contribution in [3.63, 3.8) is 0 Å². The van der Waals surface area contributed by atoms with Crippen LogP contribution in [0.5, 0.6) is 0 Å². The van der Waals surface area contributed by atoms with E-state index >= 15 is 0 Å². The second-order valence-electron chi connectivity index (χ2n) is 7.74. The molecular weight excluding hydrogens is 276 g/mol. The monoisotopic (exact) mass is 312 g/mol. The summed E-state index contributed by atoms with van der Waals surface area (Å²) in [6.45, 7) is 15.8.